The third kappa shape index (κ3) is 4.58. The van der Waals surface area contributed by atoms with E-state index < -0.39 is 11.2 Å². The molecule has 0 aliphatic rings. The average molecular weight is 443 g/mol. The van der Waals surface area contributed by atoms with Crippen LogP contribution in [-0.2, 0) is 17.9 Å². The summed E-state index contributed by atoms with van der Waals surface area (Å²) in [4.78, 5) is 51.3. The summed E-state index contributed by atoms with van der Waals surface area (Å²) in [7, 11) is 0. The molecule has 0 aliphatic carbocycles. The van der Waals surface area contributed by atoms with Crippen LogP contribution in [0.2, 0.25) is 0 Å². The van der Waals surface area contributed by atoms with Crippen LogP contribution in [0.3, 0.4) is 0 Å². The number of aromatic nitrogens is 4. The summed E-state index contributed by atoms with van der Waals surface area (Å²) in [5.41, 5.74) is -0.719. The molecule has 3 rings (SSSR count). The van der Waals surface area contributed by atoms with E-state index >= 15 is 0 Å². The zero-order chi connectivity index (χ0) is 23.8. The van der Waals surface area contributed by atoms with Gasteiger partial charge in [-0.25, -0.2) is 13.9 Å². The molecule has 0 radical (unpaired) electrons. The Morgan fingerprint density at radius 2 is 1.84 bits per heavy atom. The monoisotopic (exact) mass is 442 g/mol. The smallest absolute Gasteiger partial charge is 0.350 e. The standard InChI is InChI=1S/C22H30N6O4/c1-7-10-26-19(31)15-9-8-14(18(30)23-13(2)3)11-16(15)28-20(26)25-27(21(28)32)12-17(29)24-22(4,5)6/h8-9,11,13H,7,10,12H2,1-6H3,(H,23,30)(H,24,29). The first-order chi connectivity index (χ1) is 14.9. The molecule has 3 aromatic rings. The van der Waals surface area contributed by atoms with Gasteiger partial charge in [-0.1, -0.05) is 6.92 Å². The molecule has 10 heteroatoms. The van der Waals surface area contributed by atoms with E-state index in [1.165, 1.54) is 15.0 Å². The molecule has 2 amide bonds. The molecule has 0 fully saturated rings. The van der Waals surface area contributed by atoms with E-state index in [1.807, 2.05) is 41.5 Å². The van der Waals surface area contributed by atoms with Crippen LogP contribution in [0.1, 0.15) is 58.3 Å². The predicted molar refractivity (Wildman–Crippen MR) is 122 cm³/mol. The Morgan fingerprint density at radius 3 is 2.44 bits per heavy atom. The van der Waals surface area contributed by atoms with Gasteiger partial charge in [0, 0.05) is 23.7 Å². The number of benzene rings is 1. The highest BCUT2D eigenvalue weighted by atomic mass is 16.2. The summed E-state index contributed by atoms with van der Waals surface area (Å²) in [5, 5.41) is 10.2. The number of nitrogens with one attached hydrogen (secondary N) is 2. The van der Waals surface area contributed by atoms with Gasteiger partial charge < -0.3 is 10.6 Å². The first-order valence-electron chi connectivity index (χ1n) is 10.7. The van der Waals surface area contributed by atoms with Gasteiger partial charge >= 0.3 is 5.69 Å². The molecule has 1 aromatic carbocycles. The van der Waals surface area contributed by atoms with Crippen molar-refractivity contribution in [3.05, 3.63) is 44.6 Å². The molecule has 0 spiro atoms. The van der Waals surface area contributed by atoms with Gasteiger partial charge in [0.25, 0.3) is 11.5 Å². The fraction of sp³-hybridized carbons (Fsp3) is 0.500. The van der Waals surface area contributed by atoms with E-state index in [2.05, 4.69) is 15.7 Å². The molecule has 0 aliphatic heterocycles. The largest absolute Gasteiger partial charge is 0.352 e. The van der Waals surface area contributed by atoms with E-state index in [4.69, 9.17) is 0 Å². The molecule has 0 saturated heterocycles. The second-order valence-electron chi connectivity index (χ2n) is 9.19. The van der Waals surface area contributed by atoms with Crippen molar-refractivity contribution in [1.82, 2.24) is 29.4 Å². The number of fused-ring (bicyclic) bond motifs is 3. The van der Waals surface area contributed by atoms with E-state index in [0.29, 0.717) is 23.9 Å². The average Bonchev–Trinajstić information content (AvgIpc) is 2.98. The van der Waals surface area contributed by atoms with Gasteiger partial charge in [0.15, 0.2) is 0 Å². The molecule has 2 aromatic heterocycles. The molecule has 0 atom stereocenters. The van der Waals surface area contributed by atoms with Crippen molar-refractivity contribution >= 4 is 28.5 Å². The van der Waals surface area contributed by atoms with Crippen LogP contribution in [0, 0.1) is 0 Å². The number of hydrogen-bond donors (Lipinski definition) is 2. The van der Waals surface area contributed by atoms with Gasteiger partial charge in [0.1, 0.15) is 6.54 Å². The van der Waals surface area contributed by atoms with Crippen LogP contribution in [0.5, 0.6) is 0 Å². The normalized spacial score (nSPS) is 12.0. The van der Waals surface area contributed by atoms with Crippen LogP contribution in [0.25, 0.3) is 16.7 Å². The van der Waals surface area contributed by atoms with Gasteiger partial charge in [0.2, 0.25) is 11.7 Å². The lowest BCUT2D eigenvalue weighted by atomic mass is 10.1. The molecular formula is C22H30N6O4. The van der Waals surface area contributed by atoms with Crippen molar-refractivity contribution in [2.24, 2.45) is 0 Å². The van der Waals surface area contributed by atoms with Crippen LogP contribution in [0.15, 0.2) is 27.8 Å². The lowest BCUT2D eigenvalue weighted by Gasteiger charge is -2.20. The van der Waals surface area contributed by atoms with Crippen molar-refractivity contribution < 1.29 is 9.59 Å². The lowest BCUT2D eigenvalue weighted by molar-refractivity contribution is -0.123. The Balaban J connectivity index is 2.25. The molecule has 0 bridgehead atoms. The highest BCUT2D eigenvalue weighted by Crippen LogP contribution is 2.15. The summed E-state index contributed by atoms with van der Waals surface area (Å²) in [6.45, 7) is 11.2. The zero-order valence-corrected chi connectivity index (χ0v) is 19.4. The minimum absolute atomic E-state index is 0.0671. The summed E-state index contributed by atoms with van der Waals surface area (Å²) in [6, 6.07) is 4.56. The Kier molecular flexibility index (Phi) is 6.25. The second-order valence-corrected chi connectivity index (χ2v) is 9.19. The van der Waals surface area contributed by atoms with E-state index in [1.54, 1.807) is 12.1 Å². The second kappa shape index (κ2) is 8.60. The Bertz CT molecular complexity index is 1310. The highest BCUT2D eigenvalue weighted by Gasteiger charge is 2.21. The maximum atomic E-state index is 13.2. The van der Waals surface area contributed by atoms with E-state index in [9.17, 15) is 19.2 Å². The van der Waals surface area contributed by atoms with Gasteiger partial charge in [0.05, 0.1) is 10.9 Å². The Labute approximate surface area is 185 Å². The first-order valence-corrected chi connectivity index (χ1v) is 10.7. The van der Waals surface area contributed by atoms with Gasteiger partial charge in [-0.3, -0.25) is 19.0 Å². The molecule has 0 unspecified atom stereocenters. The number of hydrogen-bond acceptors (Lipinski definition) is 5. The van der Waals surface area contributed by atoms with Gasteiger partial charge in [-0.15, -0.1) is 5.10 Å². The number of nitrogens with zero attached hydrogens (tertiary/aromatic N) is 4. The molecule has 172 valence electrons. The summed E-state index contributed by atoms with van der Waals surface area (Å²) in [5.74, 6) is -0.536. The fourth-order valence-electron chi connectivity index (χ4n) is 3.52. The molecule has 0 saturated carbocycles. The summed E-state index contributed by atoms with van der Waals surface area (Å²) >= 11 is 0. The van der Waals surface area contributed by atoms with Crippen LogP contribution < -0.4 is 21.9 Å². The number of carbonyl (C=O) groups is 2. The van der Waals surface area contributed by atoms with Crippen molar-refractivity contribution in [2.75, 3.05) is 0 Å². The topological polar surface area (TPSA) is 120 Å². The van der Waals surface area contributed by atoms with Crippen LogP contribution in [0.4, 0.5) is 0 Å². The number of rotatable bonds is 6. The minimum atomic E-state index is -0.555. The SMILES string of the molecule is CCCn1c(=O)c2ccc(C(=O)NC(C)C)cc2n2c(=O)n(CC(=O)NC(C)(C)C)nc12. The fourth-order valence-corrected chi connectivity index (χ4v) is 3.52. The number of amides is 2. The molecule has 2 N–H and O–H groups in total. The quantitative estimate of drug-likeness (QED) is 0.596. The highest BCUT2D eigenvalue weighted by molar-refractivity contribution is 5.98. The third-order valence-electron chi connectivity index (χ3n) is 4.71. The lowest BCUT2D eigenvalue weighted by Crippen LogP contribution is -2.43. The Hall–Kier alpha value is -3.43. The molecule has 32 heavy (non-hydrogen) atoms. The number of carbonyl (C=O) groups excluding carboxylic acids is 2. The van der Waals surface area contributed by atoms with Crippen molar-refractivity contribution in [1.29, 1.82) is 0 Å². The van der Waals surface area contributed by atoms with Crippen LogP contribution >= 0.6 is 0 Å². The molecule has 10 nitrogen and oxygen atoms in total. The maximum absolute atomic E-state index is 13.2. The van der Waals surface area contributed by atoms with Gasteiger partial charge in [-0.05, 0) is 59.2 Å². The minimum Gasteiger partial charge on any atom is -0.350 e. The van der Waals surface area contributed by atoms with Crippen molar-refractivity contribution in [3.8, 4) is 0 Å². The summed E-state index contributed by atoms with van der Waals surface area (Å²) < 4.78 is 3.76. The van der Waals surface area contributed by atoms with E-state index in [0.717, 1.165) is 4.68 Å². The Morgan fingerprint density at radius 1 is 1.16 bits per heavy atom. The molecular weight excluding hydrogens is 412 g/mol. The van der Waals surface area contributed by atoms with E-state index in [-0.39, 0.29) is 41.3 Å². The van der Waals surface area contributed by atoms with Crippen LogP contribution in [-0.4, -0.2) is 42.1 Å². The van der Waals surface area contributed by atoms with Crippen molar-refractivity contribution in [2.45, 2.75) is 72.6 Å². The maximum Gasteiger partial charge on any atom is 0.352 e. The summed E-state index contributed by atoms with van der Waals surface area (Å²) in [6.07, 6.45) is 0.654. The molecule has 2 heterocycles. The third-order valence-corrected chi connectivity index (χ3v) is 4.71. The van der Waals surface area contributed by atoms with Crippen molar-refractivity contribution in [3.63, 3.8) is 0 Å². The number of aryl methyl sites for hydroxylation is 1. The predicted octanol–water partition coefficient (Wildman–Crippen LogP) is 1.27. The van der Waals surface area contributed by atoms with Gasteiger partial charge in [-0.2, -0.15) is 0 Å². The first kappa shape index (κ1) is 23.2. The zero-order valence-electron chi connectivity index (χ0n) is 19.4.